The number of esters is 1. The highest BCUT2D eigenvalue weighted by molar-refractivity contribution is 5.69. The van der Waals surface area contributed by atoms with Gasteiger partial charge in [-0.3, -0.25) is 4.79 Å². The molecular formula is C27H46O4. The molecule has 4 fully saturated rings. The molecule has 4 aliphatic rings. The van der Waals surface area contributed by atoms with Crippen LogP contribution in [0.15, 0.2) is 0 Å². The second-order valence-corrected chi connectivity index (χ2v) is 12.0. The van der Waals surface area contributed by atoms with Crippen LogP contribution in [0.2, 0.25) is 0 Å². The van der Waals surface area contributed by atoms with E-state index in [0.29, 0.717) is 36.4 Å². The normalized spacial score (nSPS) is 45.3. The van der Waals surface area contributed by atoms with Gasteiger partial charge in [0.1, 0.15) is 6.61 Å². The lowest BCUT2D eigenvalue weighted by Crippen LogP contribution is -2.54. The first-order valence-corrected chi connectivity index (χ1v) is 13.1. The lowest BCUT2D eigenvalue weighted by molar-refractivity contribution is -0.145. The fraction of sp³-hybridized carbons (Fsp3) is 0.963. The summed E-state index contributed by atoms with van der Waals surface area (Å²) < 4.78 is 10.3. The molecule has 4 saturated carbocycles. The Labute approximate surface area is 189 Å². The van der Waals surface area contributed by atoms with E-state index in [1.165, 1.54) is 44.9 Å². The number of carbonyl (C=O) groups is 1. The van der Waals surface area contributed by atoms with Crippen LogP contribution in [0.5, 0.6) is 0 Å². The van der Waals surface area contributed by atoms with Crippen LogP contribution in [0, 0.1) is 46.3 Å². The van der Waals surface area contributed by atoms with E-state index in [4.69, 9.17) is 9.47 Å². The van der Waals surface area contributed by atoms with Gasteiger partial charge >= 0.3 is 5.97 Å². The van der Waals surface area contributed by atoms with Crippen molar-refractivity contribution in [3.05, 3.63) is 0 Å². The third-order valence-electron chi connectivity index (χ3n) is 10.8. The zero-order valence-corrected chi connectivity index (χ0v) is 20.4. The molecule has 178 valence electrons. The van der Waals surface area contributed by atoms with Gasteiger partial charge in [0.05, 0.1) is 12.7 Å². The quantitative estimate of drug-likeness (QED) is 0.418. The highest BCUT2D eigenvalue weighted by Gasteiger charge is 2.60. The van der Waals surface area contributed by atoms with Gasteiger partial charge in [0, 0.05) is 13.5 Å². The lowest BCUT2D eigenvalue weighted by Gasteiger charge is -2.61. The van der Waals surface area contributed by atoms with Gasteiger partial charge in [-0.2, -0.15) is 0 Å². The molecule has 31 heavy (non-hydrogen) atoms. The predicted molar refractivity (Wildman–Crippen MR) is 122 cm³/mol. The van der Waals surface area contributed by atoms with Crippen molar-refractivity contribution in [1.82, 2.24) is 0 Å². The molecule has 9 atom stereocenters. The standard InChI is InChI=1S/C27H46O4/c1-18(5-10-25(29)31-16-15-30-4)22-8-9-23-21-7-6-19-17-20(28)11-13-26(19,2)24(21)12-14-27(22,23)3/h18-24,28H,5-17H2,1-4H3/t18-,19-,20-,21+,22-,23+,24+,26+,27-/m1/s1. The van der Waals surface area contributed by atoms with Crippen LogP contribution < -0.4 is 0 Å². The van der Waals surface area contributed by atoms with Crippen LogP contribution in [-0.2, 0) is 14.3 Å². The summed E-state index contributed by atoms with van der Waals surface area (Å²) in [6, 6.07) is 0. The highest BCUT2D eigenvalue weighted by Crippen LogP contribution is 2.68. The van der Waals surface area contributed by atoms with E-state index < -0.39 is 0 Å². The van der Waals surface area contributed by atoms with E-state index in [1.54, 1.807) is 7.11 Å². The number of aliphatic hydroxyl groups excluding tert-OH is 1. The monoisotopic (exact) mass is 434 g/mol. The summed E-state index contributed by atoms with van der Waals surface area (Å²) in [6.07, 6.45) is 12.9. The second kappa shape index (κ2) is 9.33. The molecule has 0 spiro atoms. The highest BCUT2D eigenvalue weighted by atomic mass is 16.6. The van der Waals surface area contributed by atoms with E-state index in [9.17, 15) is 9.90 Å². The Morgan fingerprint density at radius 2 is 1.74 bits per heavy atom. The molecule has 0 saturated heterocycles. The van der Waals surface area contributed by atoms with E-state index >= 15 is 0 Å². The minimum atomic E-state index is -0.0713. The van der Waals surface area contributed by atoms with Crippen molar-refractivity contribution >= 4 is 5.97 Å². The van der Waals surface area contributed by atoms with Crippen molar-refractivity contribution < 1.29 is 19.4 Å². The average Bonchev–Trinajstić information content (AvgIpc) is 3.10. The Bertz CT molecular complexity index is 635. The number of hydrogen-bond acceptors (Lipinski definition) is 4. The third kappa shape index (κ3) is 4.33. The second-order valence-electron chi connectivity index (χ2n) is 12.0. The molecule has 0 heterocycles. The number of aliphatic hydroxyl groups is 1. The maximum absolute atomic E-state index is 12.1. The van der Waals surface area contributed by atoms with Gasteiger partial charge in [0.15, 0.2) is 0 Å². The molecule has 0 bridgehead atoms. The molecule has 0 aromatic carbocycles. The summed E-state index contributed by atoms with van der Waals surface area (Å²) in [5, 5.41) is 10.3. The lowest BCUT2D eigenvalue weighted by atomic mass is 9.44. The Kier molecular flexibility index (Phi) is 7.09. The van der Waals surface area contributed by atoms with Crippen molar-refractivity contribution in [1.29, 1.82) is 0 Å². The number of ether oxygens (including phenoxy) is 2. The largest absolute Gasteiger partial charge is 0.463 e. The van der Waals surface area contributed by atoms with Crippen molar-refractivity contribution in [2.24, 2.45) is 46.3 Å². The molecular weight excluding hydrogens is 388 g/mol. The van der Waals surface area contributed by atoms with Crippen molar-refractivity contribution in [3.63, 3.8) is 0 Å². The molecule has 0 aliphatic heterocycles. The number of carbonyl (C=O) groups excluding carboxylic acids is 1. The zero-order valence-electron chi connectivity index (χ0n) is 20.4. The van der Waals surface area contributed by atoms with Gasteiger partial charge in [0.2, 0.25) is 0 Å². The summed E-state index contributed by atoms with van der Waals surface area (Å²) in [5.41, 5.74) is 0.900. The van der Waals surface area contributed by atoms with Gasteiger partial charge in [-0.05, 0) is 111 Å². The molecule has 0 aromatic heterocycles. The Hall–Kier alpha value is -0.610. The fourth-order valence-electron chi connectivity index (χ4n) is 9.07. The van der Waals surface area contributed by atoms with Crippen LogP contribution >= 0.6 is 0 Å². The first-order chi connectivity index (χ1) is 14.8. The Balaban J connectivity index is 1.38. The first-order valence-electron chi connectivity index (χ1n) is 13.1. The molecule has 4 rings (SSSR count). The third-order valence-corrected chi connectivity index (χ3v) is 10.8. The van der Waals surface area contributed by atoms with Gasteiger partial charge in [-0.15, -0.1) is 0 Å². The zero-order chi connectivity index (χ0) is 22.2. The molecule has 0 aromatic rings. The predicted octanol–water partition coefficient (Wildman–Crippen LogP) is 5.61. The van der Waals surface area contributed by atoms with Gasteiger partial charge in [-0.1, -0.05) is 20.8 Å². The van der Waals surface area contributed by atoms with Crippen LogP contribution in [0.4, 0.5) is 0 Å². The maximum Gasteiger partial charge on any atom is 0.305 e. The topological polar surface area (TPSA) is 55.8 Å². The fourth-order valence-corrected chi connectivity index (χ4v) is 9.07. The molecule has 0 unspecified atom stereocenters. The number of methoxy groups -OCH3 is 1. The van der Waals surface area contributed by atoms with E-state index in [1.807, 2.05) is 0 Å². The number of rotatable bonds is 7. The first kappa shape index (κ1) is 23.5. The summed E-state index contributed by atoms with van der Waals surface area (Å²) in [4.78, 5) is 12.1. The Morgan fingerprint density at radius 1 is 1.00 bits per heavy atom. The van der Waals surface area contributed by atoms with Crippen molar-refractivity contribution in [2.45, 2.75) is 97.5 Å². The van der Waals surface area contributed by atoms with Gasteiger partial charge < -0.3 is 14.6 Å². The van der Waals surface area contributed by atoms with Crippen molar-refractivity contribution in [3.8, 4) is 0 Å². The number of fused-ring (bicyclic) bond motifs is 5. The van der Waals surface area contributed by atoms with Crippen LogP contribution in [-0.4, -0.2) is 37.5 Å². The SMILES string of the molecule is COCCOC(=O)CC[C@@H](C)[C@H]1CC[C@H]2[C@@H]3CC[C@@H]4C[C@H](O)CC[C@]4(C)[C@H]3CC[C@]12C. The summed E-state index contributed by atoms with van der Waals surface area (Å²) >= 11 is 0. The molecule has 0 radical (unpaired) electrons. The minimum absolute atomic E-state index is 0.0543. The van der Waals surface area contributed by atoms with Crippen LogP contribution in [0.3, 0.4) is 0 Å². The smallest absolute Gasteiger partial charge is 0.305 e. The van der Waals surface area contributed by atoms with Crippen LogP contribution in [0.1, 0.15) is 91.4 Å². The van der Waals surface area contributed by atoms with E-state index in [0.717, 1.165) is 48.9 Å². The van der Waals surface area contributed by atoms with Gasteiger partial charge in [-0.25, -0.2) is 0 Å². The number of hydrogen-bond donors (Lipinski definition) is 1. The molecule has 1 N–H and O–H groups in total. The van der Waals surface area contributed by atoms with Gasteiger partial charge in [0.25, 0.3) is 0 Å². The van der Waals surface area contributed by atoms with Crippen molar-refractivity contribution in [2.75, 3.05) is 20.3 Å². The summed E-state index contributed by atoms with van der Waals surface area (Å²) in [6.45, 7) is 8.40. The van der Waals surface area contributed by atoms with E-state index in [2.05, 4.69) is 20.8 Å². The maximum atomic E-state index is 12.1. The summed E-state index contributed by atoms with van der Waals surface area (Å²) in [5.74, 6) is 4.59. The molecule has 4 nitrogen and oxygen atoms in total. The molecule has 4 heteroatoms. The molecule has 0 amide bonds. The Morgan fingerprint density at radius 3 is 2.52 bits per heavy atom. The molecule has 4 aliphatic carbocycles. The minimum Gasteiger partial charge on any atom is -0.463 e. The average molecular weight is 435 g/mol. The van der Waals surface area contributed by atoms with E-state index in [-0.39, 0.29) is 12.1 Å². The summed E-state index contributed by atoms with van der Waals surface area (Å²) in [7, 11) is 1.63. The van der Waals surface area contributed by atoms with Crippen LogP contribution in [0.25, 0.3) is 0 Å².